The number of morpholine rings is 1. The van der Waals surface area contributed by atoms with Gasteiger partial charge in [-0.25, -0.2) is 0 Å². The van der Waals surface area contributed by atoms with Crippen LogP contribution in [0.4, 0.5) is 11.4 Å². The molecule has 2 N–H and O–H groups in total. The third-order valence-corrected chi connectivity index (χ3v) is 5.78. The van der Waals surface area contributed by atoms with Crippen molar-refractivity contribution in [2.45, 2.75) is 39.3 Å². The molecule has 1 saturated heterocycles. The van der Waals surface area contributed by atoms with Crippen molar-refractivity contribution in [3.8, 4) is 5.75 Å². The molecule has 0 bridgehead atoms. The predicted octanol–water partition coefficient (Wildman–Crippen LogP) is 2.61. The van der Waals surface area contributed by atoms with E-state index >= 15 is 0 Å². The summed E-state index contributed by atoms with van der Waals surface area (Å²) in [4.78, 5) is 27.7. The number of aromatic nitrogens is 2. The number of nitrogens with zero attached hydrogens (tertiary/aromatic N) is 3. The molecule has 3 rings (SSSR count). The van der Waals surface area contributed by atoms with E-state index in [9.17, 15) is 9.59 Å². The molecule has 1 atom stereocenters. The van der Waals surface area contributed by atoms with Crippen LogP contribution in [0.15, 0.2) is 36.7 Å². The fraction of sp³-hybridized carbons (Fsp3) is 0.522. The van der Waals surface area contributed by atoms with Gasteiger partial charge in [-0.3, -0.25) is 19.2 Å². The number of nitrogens with one attached hydrogen (secondary N) is 2. The van der Waals surface area contributed by atoms with E-state index in [0.717, 1.165) is 31.7 Å². The Morgan fingerprint density at radius 3 is 2.41 bits per heavy atom. The molecule has 2 aromatic rings. The van der Waals surface area contributed by atoms with Crippen molar-refractivity contribution in [2.24, 2.45) is 5.92 Å². The van der Waals surface area contributed by atoms with Crippen molar-refractivity contribution in [3.05, 3.63) is 36.7 Å². The molecular weight excluding hydrogens is 410 g/mol. The number of methoxy groups -OCH3 is 1. The molecule has 0 unspecified atom stereocenters. The summed E-state index contributed by atoms with van der Waals surface area (Å²) in [6, 6.07) is 6.89. The molecule has 9 nitrogen and oxygen atoms in total. The van der Waals surface area contributed by atoms with Crippen LogP contribution >= 0.6 is 0 Å². The van der Waals surface area contributed by atoms with Gasteiger partial charge in [0.05, 0.1) is 38.2 Å². The molecule has 1 aliphatic rings. The summed E-state index contributed by atoms with van der Waals surface area (Å²) in [7, 11) is 1.59. The van der Waals surface area contributed by atoms with Crippen molar-refractivity contribution >= 4 is 23.2 Å². The normalized spacial score (nSPS) is 15.4. The van der Waals surface area contributed by atoms with Crippen molar-refractivity contribution in [2.75, 3.05) is 44.0 Å². The van der Waals surface area contributed by atoms with Crippen LogP contribution in [-0.4, -0.2) is 65.9 Å². The van der Waals surface area contributed by atoms with E-state index in [2.05, 4.69) is 34.5 Å². The lowest BCUT2D eigenvalue weighted by atomic mass is 9.91. The van der Waals surface area contributed by atoms with Crippen molar-refractivity contribution in [3.63, 3.8) is 0 Å². The van der Waals surface area contributed by atoms with Gasteiger partial charge in [-0.15, -0.1) is 0 Å². The molecule has 9 heteroatoms. The topological polar surface area (TPSA) is 97.7 Å². The summed E-state index contributed by atoms with van der Waals surface area (Å²) >= 11 is 0. The Labute approximate surface area is 189 Å². The summed E-state index contributed by atoms with van der Waals surface area (Å²) in [6.45, 7) is 7.07. The molecule has 0 radical (unpaired) electrons. The summed E-state index contributed by atoms with van der Waals surface area (Å²) in [5, 5.41) is 10.0. The van der Waals surface area contributed by atoms with Gasteiger partial charge in [-0.05, 0) is 30.2 Å². The smallest absolute Gasteiger partial charge is 0.246 e. The SMILES string of the molecule is CCC(CC)[C@@H](C(=O)Nc1cnn(CC(=O)Nc2ccc(OC)cc2)c1)N1CCOCC1. The first kappa shape index (κ1) is 23.7. The molecule has 2 amide bonds. The van der Waals surface area contributed by atoms with E-state index in [1.54, 1.807) is 43.8 Å². The average Bonchev–Trinajstić information content (AvgIpc) is 3.24. The highest BCUT2D eigenvalue weighted by Gasteiger charge is 2.33. The molecule has 0 spiro atoms. The molecule has 1 aromatic heterocycles. The third kappa shape index (κ3) is 6.30. The Hall–Kier alpha value is -2.91. The van der Waals surface area contributed by atoms with Crippen LogP contribution < -0.4 is 15.4 Å². The van der Waals surface area contributed by atoms with Crippen LogP contribution in [-0.2, 0) is 20.9 Å². The Kier molecular flexibility index (Phi) is 8.64. The Morgan fingerprint density at radius 1 is 1.09 bits per heavy atom. The molecule has 2 heterocycles. The maximum absolute atomic E-state index is 13.2. The zero-order valence-corrected chi connectivity index (χ0v) is 19.0. The van der Waals surface area contributed by atoms with Crippen LogP contribution in [0.1, 0.15) is 26.7 Å². The molecule has 0 saturated carbocycles. The molecule has 1 fully saturated rings. The molecular formula is C23H33N5O4. The second kappa shape index (κ2) is 11.6. The first-order valence-corrected chi connectivity index (χ1v) is 11.1. The number of benzene rings is 1. The number of ether oxygens (including phenoxy) is 2. The molecule has 32 heavy (non-hydrogen) atoms. The number of carbonyl (C=O) groups excluding carboxylic acids is 2. The summed E-state index contributed by atoms with van der Waals surface area (Å²) in [5.41, 5.74) is 1.26. The number of hydrogen-bond acceptors (Lipinski definition) is 6. The number of hydrogen-bond donors (Lipinski definition) is 2. The summed E-state index contributed by atoms with van der Waals surface area (Å²) < 4.78 is 12.1. The molecule has 1 aliphatic heterocycles. The van der Waals surface area contributed by atoms with E-state index in [-0.39, 0.29) is 30.3 Å². The zero-order valence-electron chi connectivity index (χ0n) is 19.0. The summed E-state index contributed by atoms with van der Waals surface area (Å²) in [6.07, 6.45) is 5.10. The van der Waals surface area contributed by atoms with Gasteiger partial charge in [-0.1, -0.05) is 26.7 Å². The van der Waals surface area contributed by atoms with Gasteiger partial charge in [0, 0.05) is 25.0 Å². The van der Waals surface area contributed by atoms with E-state index in [1.165, 1.54) is 4.68 Å². The number of carbonyl (C=O) groups is 2. The fourth-order valence-corrected chi connectivity index (χ4v) is 4.02. The molecule has 1 aromatic carbocycles. The first-order valence-electron chi connectivity index (χ1n) is 11.1. The summed E-state index contributed by atoms with van der Waals surface area (Å²) in [5.74, 6) is 0.736. The van der Waals surface area contributed by atoms with E-state index in [0.29, 0.717) is 24.6 Å². The van der Waals surface area contributed by atoms with E-state index in [1.807, 2.05) is 0 Å². The van der Waals surface area contributed by atoms with Crippen molar-refractivity contribution in [1.29, 1.82) is 0 Å². The molecule has 0 aliphatic carbocycles. The minimum Gasteiger partial charge on any atom is -0.497 e. The Bertz CT molecular complexity index is 873. The highest BCUT2D eigenvalue weighted by molar-refractivity contribution is 5.95. The molecule has 174 valence electrons. The largest absolute Gasteiger partial charge is 0.497 e. The highest BCUT2D eigenvalue weighted by Crippen LogP contribution is 2.22. The second-order valence-electron chi connectivity index (χ2n) is 7.86. The van der Waals surface area contributed by atoms with Gasteiger partial charge in [0.1, 0.15) is 12.3 Å². The van der Waals surface area contributed by atoms with E-state index < -0.39 is 0 Å². The second-order valence-corrected chi connectivity index (χ2v) is 7.86. The van der Waals surface area contributed by atoms with Gasteiger partial charge >= 0.3 is 0 Å². The quantitative estimate of drug-likeness (QED) is 0.586. The number of rotatable bonds is 10. The van der Waals surface area contributed by atoms with Gasteiger partial charge in [0.15, 0.2) is 0 Å². The lowest BCUT2D eigenvalue weighted by molar-refractivity contribution is -0.125. The van der Waals surface area contributed by atoms with Crippen LogP contribution in [0.2, 0.25) is 0 Å². The number of amides is 2. The monoisotopic (exact) mass is 443 g/mol. The van der Waals surface area contributed by atoms with Crippen molar-refractivity contribution in [1.82, 2.24) is 14.7 Å². The van der Waals surface area contributed by atoms with E-state index in [4.69, 9.17) is 9.47 Å². The zero-order chi connectivity index (χ0) is 22.9. The van der Waals surface area contributed by atoms with Crippen LogP contribution in [0.3, 0.4) is 0 Å². The van der Waals surface area contributed by atoms with Gasteiger partial charge in [-0.2, -0.15) is 5.10 Å². The standard InChI is InChI=1S/C23H33N5O4/c1-4-17(5-2)22(27-10-12-32-13-11-27)23(30)26-19-14-24-28(15-19)16-21(29)25-18-6-8-20(31-3)9-7-18/h6-9,14-15,17,22H,4-5,10-13,16H2,1-3H3,(H,25,29)(H,26,30)/t22-/m0/s1. The maximum atomic E-state index is 13.2. The van der Waals surface area contributed by atoms with Gasteiger partial charge in [0.2, 0.25) is 11.8 Å². The van der Waals surface area contributed by atoms with Crippen LogP contribution in [0, 0.1) is 5.92 Å². The maximum Gasteiger partial charge on any atom is 0.246 e. The Morgan fingerprint density at radius 2 is 1.78 bits per heavy atom. The highest BCUT2D eigenvalue weighted by atomic mass is 16.5. The van der Waals surface area contributed by atoms with Crippen molar-refractivity contribution < 1.29 is 19.1 Å². The van der Waals surface area contributed by atoms with Gasteiger partial charge in [0.25, 0.3) is 0 Å². The van der Waals surface area contributed by atoms with Gasteiger partial charge < -0.3 is 20.1 Å². The third-order valence-electron chi connectivity index (χ3n) is 5.78. The Balaban J connectivity index is 1.59. The predicted molar refractivity (Wildman–Crippen MR) is 123 cm³/mol. The lowest BCUT2D eigenvalue weighted by Gasteiger charge is -2.37. The van der Waals surface area contributed by atoms with Crippen LogP contribution in [0.5, 0.6) is 5.75 Å². The van der Waals surface area contributed by atoms with Crippen LogP contribution in [0.25, 0.3) is 0 Å². The lowest BCUT2D eigenvalue weighted by Crippen LogP contribution is -2.52. The average molecular weight is 444 g/mol. The minimum absolute atomic E-state index is 0.0390. The first-order chi connectivity index (χ1) is 15.5. The number of anilines is 2. The fourth-order valence-electron chi connectivity index (χ4n) is 4.02. The minimum atomic E-state index is -0.212.